The van der Waals surface area contributed by atoms with E-state index < -0.39 is 62.7 Å². The van der Waals surface area contributed by atoms with Gasteiger partial charge in [0.1, 0.15) is 36.6 Å². The number of aliphatic hydroxyl groups excluding tert-OH is 7. The molecular formula is C10H20O9. The van der Waals surface area contributed by atoms with E-state index in [-0.39, 0.29) is 0 Å². The van der Waals surface area contributed by atoms with Crippen molar-refractivity contribution in [3.05, 3.63) is 0 Å². The predicted molar refractivity (Wildman–Crippen MR) is 58.8 cm³/mol. The number of hydrogen-bond donors (Lipinski definition) is 7. The van der Waals surface area contributed by atoms with Gasteiger partial charge in [-0.2, -0.15) is 0 Å². The Balaban J connectivity index is 2.52. The van der Waals surface area contributed by atoms with Gasteiger partial charge in [0.05, 0.1) is 19.8 Å². The number of rotatable bonds is 6. The minimum atomic E-state index is -1.57. The molecule has 1 aliphatic rings. The molecule has 9 nitrogen and oxygen atoms in total. The topological polar surface area (TPSA) is 160 Å². The van der Waals surface area contributed by atoms with Gasteiger partial charge in [0.15, 0.2) is 6.29 Å². The fourth-order valence-corrected chi connectivity index (χ4v) is 1.63. The van der Waals surface area contributed by atoms with Crippen molar-refractivity contribution in [1.29, 1.82) is 0 Å². The minimum absolute atomic E-state index is 0.468. The van der Waals surface area contributed by atoms with Gasteiger partial charge in [0, 0.05) is 0 Å². The van der Waals surface area contributed by atoms with E-state index in [1.165, 1.54) is 0 Å². The van der Waals surface area contributed by atoms with Crippen LogP contribution in [0.5, 0.6) is 0 Å². The fraction of sp³-hybridized carbons (Fsp3) is 1.00. The van der Waals surface area contributed by atoms with E-state index in [2.05, 4.69) is 0 Å². The first-order valence-corrected chi connectivity index (χ1v) is 5.81. The zero-order valence-electron chi connectivity index (χ0n) is 10.1. The molecule has 7 N–H and O–H groups in total. The molecule has 0 saturated carbocycles. The summed E-state index contributed by atoms with van der Waals surface area (Å²) in [7, 11) is 0. The Hall–Kier alpha value is -0.360. The molecule has 1 heterocycles. The Kier molecular flexibility index (Phi) is 6.53. The zero-order chi connectivity index (χ0) is 14.6. The Labute approximate surface area is 109 Å². The molecule has 0 spiro atoms. The van der Waals surface area contributed by atoms with Crippen LogP contribution >= 0.6 is 0 Å². The molecule has 0 amide bonds. The van der Waals surface area contributed by atoms with Crippen molar-refractivity contribution in [3.8, 4) is 0 Å². The highest BCUT2D eigenvalue weighted by molar-refractivity contribution is 4.89. The van der Waals surface area contributed by atoms with Crippen LogP contribution in [0.4, 0.5) is 0 Å². The van der Waals surface area contributed by atoms with Crippen molar-refractivity contribution in [2.75, 3.05) is 19.8 Å². The third kappa shape index (κ3) is 4.05. The Morgan fingerprint density at radius 3 is 2.11 bits per heavy atom. The van der Waals surface area contributed by atoms with Gasteiger partial charge in [0.25, 0.3) is 0 Å². The second-order valence-corrected chi connectivity index (χ2v) is 4.35. The van der Waals surface area contributed by atoms with E-state index in [4.69, 9.17) is 24.8 Å². The summed E-state index contributed by atoms with van der Waals surface area (Å²) in [6.07, 6.45) is -9.94. The highest BCUT2D eigenvalue weighted by atomic mass is 16.7. The van der Waals surface area contributed by atoms with E-state index in [0.717, 1.165) is 0 Å². The molecule has 0 bridgehead atoms. The second kappa shape index (κ2) is 7.43. The van der Waals surface area contributed by atoms with Gasteiger partial charge in [-0.15, -0.1) is 0 Å². The standard InChI is InChI=1S/C10H20O9/c11-1-4(13)5(14)3-18-10-9(17)8(16)7(15)6(2-12)19-10/h4-17H,1-3H2/t4-,5+,6-,7+,8+,9-,10?/m1/s1. The van der Waals surface area contributed by atoms with Crippen LogP contribution in [0.1, 0.15) is 0 Å². The third-order valence-electron chi connectivity index (χ3n) is 2.91. The van der Waals surface area contributed by atoms with Crippen molar-refractivity contribution in [2.24, 2.45) is 0 Å². The van der Waals surface area contributed by atoms with Gasteiger partial charge < -0.3 is 45.2 Å². The van der Waals surface area contributed by atoms with Crippen LogP contribution in [-0.2, 0) is 9.47 Å². The Bertz CT molecular complexity index is 261. The number of aliphatic hydroxyl groups is 7. The maximum atomic E-state index is 9.59. The molecule has 7 atom stereocenters. The first-order chi connectivity index (χ1) is 8.92. The molecule has 0 aromatic carbocycles. The van der Waals surface area contributed by atoms with Crippen LogP contribution in [0.3, 0.4) is 0 Å². The molecule has 9 heteroatoms. The molecular weight excluding hydrogens is 264 g/mol. The van der Waals surface area contributed by atoms with Crippen LogP contribution in [0.25, 0.3) is 0 Å². The largest absolute Gasteiger partial charge is 0.394 e. The monoisotopic (exact) mass is 284 g/mol. The van der Waals surface area contributed by atoms with Gasteiger partial charge in [-0.05, 0) is 0 Å². The lowest BCUT2D eigenvalue weighted by atomic mass is 9.99. The third-order valence-corrected chi connectivity index (χ3v) is 2.91. The van der Waals surface area contributed by atoms with E-state index in [9.17, 15) is 20.4 Å². The number of hydrogen-bond acceptors (Lipinski definition) is 9. The zero-order valence-corrected chi connectivity index (χ0v) is 10.1. The van der Waals surface area contributed by atoms with Gasteiger partial charge in [-0.3, -0.25) is 0 Å². The molecule has 1 aliphatic heterocycles. The lowest BCUT2D eigenvalue weighted by molar-refractivity contribution is -0.306. The normalized spacial score (nSPS) is 39.0. The van der Waals surface area contributed by atoms with E-state index in [1.54, 1.807) is 0 Å². The molecule has 19 heavy (non-hydrogen) atoms. The maximum absolute atomic E-state index is 9.59. The van der Waals surface area contributed by atoms with Gasteiger partial charge in [-0.1, -0.05) is 0 Å². The van der Waals surface area contributed by atoms with Gasteiger partial charge in [-0.25, -0.2) is 0 Å². The summed E-state index contributed by atoms with van der Waals surface area (Å²) in [5, 5.41) is 64.5. The van der Waals surface area contributed by atoms with E-state index in [0.29, 0.717) is 0 Å². The van der Waals surface area contributed by atoms with E-state index in [1.807, 2.05) is 0 Å². The highest BCUT2D eigenvalue weighted by Crippen LogP contribution is 2.22. The molecule has 114 valence electrons. The summed E-state index contributed by atoms with van der Waals surface area (Å²) in [6, 6.07) is 0. The molecule has 1 rings (SSSR count). The Morgan fingerprint density at radius 2 is 1.58 bits per heavy atom. The lowest BCUT2D eigenvalue weighted by Gasteiger charge is -2.39. The molecule has 0 radical (unpaired) electrons. The van der Waals surface area contributed by atoms with Gasteiger partial charge in [0.2, 0.25) is 0 Å². The van der Waals surface area contributed by atoms with Crippen LogP contribution in [0.15, 0.2) is 0 Å². The fourth-order valence-electron chi connectivity index (χ4n) is 1.63. The molecule has 0 aromatic heterocycles. The predicted octanol–water partition coefficient (Wildman–Crippen LogP) is -4.48. The van der Waals surface area contributed by atoms with Crippen molar-refractivity contribution >= 4 is 0 Å². The Morgan fingerprint density at radius 1 is 0.947 bits per heavy atom. The highest BCUT2D eigenvalue weighted by Gasteiger charge is 2.44. The van der Waals surface area contributed by atoms with Crippen LogP contribution < -0.4 is 0 Å². The smallest absolute Gasteiger partial charge is 0.186 e. The maximum Gasteiger partial charge on any atom is 0.186 e. The summed E-state index contributed by atoms with van der Waals surface area (Å²) in [5.74, 6) is 0. The first kappa shape index (κ1) is 16.7. The van der Waals surface area contributed by atoms with Crippen molar-refractivity contribution in [2.45, 2.75) is 42.9 Å². The minimum Gasteiger partial charge on any atom is -0.394 e. The van der Waals surface area contributed by atoms with Crippen molar-refractivity contribution in [3.63, 3.8) is 0 Å². The molecule has 1 unspecified atom stereocenters. The summed E-state index contributed by atoms with van der Waals surface area (Å²) >= 11 is 0. The van der Waals surface area contributed by atoms with Crippen LogP contribution in [-0.4, -0.2) is 98.5 Å². The second-order valence-electron chi connectivity index (χ2n) is 4.35. The van der Waals surface area contributed by atoms with Crippen LogP contribution in [0.2, 0.25) is 0 Å². The summed E-state index contributed by atoms with van der Waals surface area (Å²) in [6.45, 7) is -1.73. The number of ether oxygens (including phenoxy) is 2. The van der Waals surface area contributed by atoms with E-state index >= 15 is 0 Å². The lowest BCUT2D eigenvalue weighted by Crippen LogP contribution is -2.59. The summed E-state index contributed by atoms with van der Waals surface area (Å²) in [5.41, 5.74) is 0. The first-order valence-electron chi connectivity index (χ1n) is 5.81. The quantitative estimate of drug-likeness (QED) is 0.255. The SMILES string of the molecule is OC[C@@H](O)[C@@H](O)COC1O[C@H](CO)[C@H](O)[C@H](O)[C@H]1O. The van der Waals surface area contributed by atoms with Crippen LogP contribution in [0, 0.1) is 0 Å². The molecule has 0 aliphatic carbocycles. The average molecular weight is 284 g/mol. The van der Waals surface area contributed by atoms with Crippen molar-refractivity contribution < 1.29 is 45.2 Å². The summed E-state index contributed by atoms with van der Waals surface area (Å²) in [4.78, 5) is 0. The summed E-state index contributed by atoms with van der Waals surface area (Å²) < 4.78 is 9.96. The molecule has 1 saturated heterocycles. The van der Waals surface area contributed by atoms with Crippen molar-refractivity contribution in [1.82, 2.24) is 0 Å². The van der Waals surface area contributed by atoms with Gasteiger partial charge >= 0.3 is 0 Å². The molecule has 0 aromatic rings. The molecule has 1 fully saturated rings. The average Bonchev–Trinajstić information content (AvgIpc) is 2.42.